The van der Waals surface area contributed by atoms with Crippen LogP contribution in [0.1, 0.15) is 38.5 Å². The summed E-state index contributed by atoms with van der Waals surface area (Å²) in [6.45, 7) is 0. The van der Waals surface area contributed by atoms with Crippen LogP contribution in [0.2, 0.25) is 10.0 Å². The van der Waals surface area contributed by atoms with E-state index >= 15 is 0 Å². The van der Waals surface area contributed by atoms with E-state index in [1.807, 2.05) is 0 Å². The molecule has 0 radical (unpaired) electrons. The van der Waals surface area contributed by atoms with Crippen LogP contribution in [-0.2, 0) is 10.3 Å². The third kappa shape index (κ3) is 3.21. The highest BCUT2D eigenvalue weighted by Gasteiger charge is 2.62. The molecule has 1 aromatic heterocycles. The number of carbonyl (C=O) groups is 1. The number of aromatic nitrogens is 2. The number of anilines is 2. The molecule has 4 aliphatic rings. The summed E-state index contributed by atoms with van der Waals surface area (Å²) in [5, 5.41) is 18.1. The van der Waals surface area contributed by atoms with Crippen molar-refractivity contribution in [3.8, 4) is 5.75 Å². The fourth-order valence-corrected chi connectivity index (χ4v) is 6.84. The van der Waals surface area contributed by atoms with E-state index in [1.54, 1.807) is 18.2 Å². The summed E-state index contributed by atoms with van der Waals surface area (Å²) in [4.78, 5) is 25.5. The van der Waals surface area contributed by atoms with Gasteiger partial charge in [-0.05, 0) is 68.6 Å². The third-order valence-electron chi connectivity index (χ3n) is 7.28. The van der Waals surface area contributed by atoms with E-state index in [9.17, 15) is 14.7 Å². The standard InChI is InChI=1S/C22H23Cl2N3O4/c1-31-17-3-2-14(23)5-15(17)26-16-10-25-27(19(28)18(16)24)22-8-12-4-13(9-22)7-21(6-12,11-22)20(29)30/h2-3,5,10,12-13,26H,4,6-9,11H2,1H3,(H,29,30)/t12-,13-,21?,22?/m0/s1. The number of rotatable bonds is 5. The topological polar surface area (TPSA) is 93.4 Å². The number of halogens is 2. The minimum Gasteiger partial charge on any atom is -0.495 e. The van der Waals surface area contributed by atoms with Crippen molar-refractivity contribution in [1.82, 2.24) is 9.78 Å². The number of hydrogen-bond donors (Lipinski definition) is 2. The average molecular weight is 464 g/mol. The maximum atomic E-state index is 13.3. The number of carboxylic acids is 1. The first kappa shape index (κ1) is 20.6. The highest BCUT2D eigenvalue weighted by Crippen LogP contribution is 2.63. The fourth-order valence-electron chi connectivity index (χ4n) is 6.49. The van der Waals surface area contributed by atoms with E-state index in [1.165, 1.54) is 18.0 Å². The highest BCUT2D eigenvalue weighted by molar-refractivity contribution is 6.33. The normalized spacial score (nSPS) is 30.9. The molecule has 2 atom stereocenters. The summed E-state index contributed by atoms with van der Waals surface area (Å²) in [6, 6.07) is 5.10. The van der Waals surface area contributed by atoms with Crippen LogP contribution in [0.3, 0.4) is 0 Å². The largest absolute Gasteiger partial charge is 0.495 e. The summed E-state index contributed by atoms with van der Waals surface area (Å²) in [7, 11) is 1.54. The molecule has 0 unspecified atom stereocenters. The maximum absolute atomic E-state index is 13.3. The molecule has 9 heteroatoms. The van der Waals surface area contributed by atoms with Crippen LogP contribution in [-0.4, -0.2) is 28.0 Å². The maximum Gasteiger partial charge on any atom is 0.309 e. The van der Waals surface area contributed by atoms with Gasteiger partial charge in [0, 0.05) is 5.02 Å². The lowest BCUT2D eigenvalue weighted by Gasteiger charge is -2.60. The Morgan fingerprint density at radius 2 is 1.94 bits per heavy atom. The number of nitrogens with one attached hydrogen (secondary N) is 1. The van der Waals surface area contributed by atoms with Crippen LogP contribution in [0.15, 0.2) is 29.2 Å². The van der Waals surface area contributed by atoms with Crippen molar-refractivity contribution >= 4 is 40.5 Å². The minimum absolute atomic E-state index is 0.0112. The van der Waals surface area contributed by atoms with Crippen molar-refractivity contribution in [2.45, 2.75) is 44.1 Å². The van der Waals surface area contributed by atoms with E-state index in [4.69, 9.17) is 27.9 Å². The van der Waals surface area contributed by atoms with E-state index < -0.39 is 22.5 Å². The molecule has 31 heavy (non-hydrogen) atoms. The van der Waals surface area contributed by atoms with Crippen LogP contribution >= 0.6 is 23.2 Å². The average Bonchev–Trinajstić information content (AvgIpc) is 2.70. The number of nitrogens with zero attached hydrogens (tertiary/aromatic N) is 2. The van der Waals surface area contributed by atoms with E-state index in [0.29, 0.717) is 53.2 Å². The van der Waals surface area contributed by atoms with Gasteiger partial charge in [0.2, 0.25) is 0 Å². The van der Waals surface area contributed by atoms with Gasteiger partial charge in [-0.1, -0.05) is 23.2 Å². The van der Waals surface area contributed by atoms with Crippen molar-refractivity contribution in [2.75, 3.05) is 12.4 Å². The Morgan fingerprint density at radius 3 is 2.58 bits per heavy atom. The summed E-state index contributed by atoms with van der Waals surface area (Å²) in [5.74, 6) is 0.405. The first-order valence-electron chi connectivity index (χ1n) is 10.4. The number of methoxy groups -OCH3 is 1. The minimum atomic E-state index is -0.761. The molecule has 0 saturated heterocycles. The molecule has 1 heterocycles. The van der Waals surface area contributed by atoms with Crippen LogP contribution in [0.4, 0.5) is 11.4 Å². The Hall–Kier alpha value is -2.25. The van der Waals surface area contributed by atoms with Crippen LogP contribution < -0.4 is 15.6 Å². The van der Waals surface area contributed by atoms with Crippen LogP contribution in [0.5, 0.6) is 5.75 Å². The van der Waals surface area contributed by atoms with Gasteiger partial charge in [0.05, 0.1) is 35.6 Å². The molecule has 6 rings (SSSR count). The Morgan fingerprint density at radius 1 is 1.23 bits per heavy atom. The van der Waals surface area contributed by atoms with Gasteiger partial charge < -0.3 is 15.2 Å². The number of hydrogen-bond acceptors (Lipinski definition) is 5. The lowest BCUT2D eigenvalue weighted by Crippen LogP contribution is -2.61. The highest BCUT2D eigenvalue weighted by atomic mass is 35.5. The Labute approximate surface area is 189 Å². The first-order chi connectivity index (χ1) is 14.7. The summed E-state index contributed by atoms with van der Waals surface area (Å²) >= 11 is 12.6. The van der Waals surface area contributed by atoms with Gasteiger partial charge in [0.1, 0.15) is 10.8 Å². The lowest BCUT2D eigenvalue weighted by atomic mass is 9.47. The zero-order valence-electron chi connectivity index (χ0n) is 17.0. The van der Waals surface area contributed by atoms with Gasteiger partial charge in [-0.3, -0.25) is 9.59 Å². The molecule has 0 spiro atoms. The smallest absolute Gasteiger partial charge is 0.309 e. The lowest BCUT2D eigenvalue weighted by molar-refractivity contribution is -0.173. The molecule has 4 saturated carbocycles. The van der Waals surface area contributed by atoms with Gasteiger partial charge in [-0.15, -0.1) is 0 Å². The monoisotopic (exact) mass is 463 g/mol. The van der Waals surface area contributed by atoms with E-state index in [2.05, 4.69) is 10.4 Å². The third-order valence-corrected chi connectivity index (χ3v) is 7.88. The predicted molar refractivity (Wildman–Crippen MR) is 118 cm³/mol. The van der Waals surface area contributed by atoms with Crippen molar-refractivity contribution in [2.24, 2.45) is 17.3 Å². The molecule has 4 fully saturated rings. The second-order valence-electron chi connectivity index (χ2n) is 9.33. The van der Waals surface area contributed by atoms with Gasteiger partial charge in [0.25, 0.3) is 5.56 Å². The van der Waals surface area contributed by atoms with Gasteiger partial charge in [-0.25, -0.2) is 4.68 Å². The second-order valence-corrected chi connectivity index (χ2v) is 10.1. The van der Waals surface area contributed by atoms with Gasteiger partial charge in [0.15, 0.2) is 0 Å². The van der Waals surface area contributed by atoms with Gasteiger partial charge >= 0.3 is 5.97 Å². The molecular formula is C22H23Cl2N3O4. The molecule has 164 valence electrons. The molecule has 2 N–H and O–H groups in total. The molecule has 7 nitrogen and oxygen atoms in total. The number of benzene rings is 1. The molecular weight excluding hydrogens is 441 g/mol. The van der Waals surface area contributed by atoms with Gasteiger partial charge in [-0.2, -0.15) is 5.10 Å². The Balaban J connectivity index is 1.53. The fraction of sp³-hybridized carbons (Fsp3) is 0.500. The molecule has 1 aromatic carbocycles. The Kier molecular flexibility index (Phi) is 4.75. The quantitative estimate of drug-likeness (QED) is 0.668. The predicted octanol–water partition coefficient (Wildman–Crippen LogP) is 4.68. The zero-order valence-corrected chi connectivity index (χ0v) is 18.5. The number of aliphatic carboxylic acids is 1. The van der Waals surface area contributed by atoms with Crippen LogP contribution in [0, 0.1) is 17.3 Å². The van der Waals surface area contributed by atoms with Crippen molar-refractivity contribution in [3.63, 3.8) is 0 Å². The Bertz CT molecular complexity index is 1120. The SMILES string of the molecule is COc1ccc(Cl)cc1Nc1cnn(C23C[C@H]4C[C@@H](CC(C(=O)O)(C4)C2)C3)c(=O)c1Cl. The second kappa shape index (κ2) is 7.14. The summed E-state index contributed by atoms with van der Waals surface area (Å²) in [5.41, 5.74) is -0.843. The number of carboxylic acid groups (broad SMARTS) is 1. The number of ether oxygens (including phenoxy) is 1. The summed E-state index contributed by atoms with van der Waals surface area (Å²) < 4.78 is 6.80. The van der Waals surface area contributed by atoms with E-state index in [0.717, 1.165) is 19.3 Å². The van der Waals surface area contributed by atoms with Crippen LogP contribution in [0.25, 0.3) is 0 Å². The van der Waals surface area contributed by atoms with Crippen molar-refractivity contribution in [1.29, 1.82) is 0 Å². The molecule has 4 aliphatic carbocycles. The molecule has 4 bridgehead atoms. The van der Waals surface area contributed by atoms with Crippen molar-refractivity contribution < 1.29 is 14.6 Å². The van der Waals surface area contributed by atoms with E-state index in [-0.39, 0.29) is 5.02 Å². The summed E-state index contributed by atoms with van der Waals surface area (Å²) in [6.07, 6.45) is 5.92. The molecule has 0 aliphatic heterocycles. The zero-order chi connectivity index (χ0) is 22.0. The first-order valence-corrected chi connectivity index (χ1v) is 11.1. The molecule has 2 aromatic rings. The molecule has 0 amide bonds. The van der Waals surface area contributed by atoms with Crippen molar-refractivity contribution in [3.05, 3.63) is 44.8 Å².